The quantitative estimate of drug-likeness (QED) is 0.159. The molecule has 5 rings (SSSR count). The molecule has 1 aliphatic carbocycles. The van der Waals surface area contributed by atoms with Crippen molar-refractivity contribution < 1.29 is 9.66 Å². The van der Waals surface area contributed by atoms with E-state index in [1.165, 1.54) is 23.2 Å². The van der Waals surface area contributed by atoms with Gasteiger partial charge in [-0.05, 0) is 48.7 Å². The molecule has 3 aromatic carbocycles. The third kappa shape index (κ3) is 5.54. The molecule has 1 fully saturated rings. The molecule has 0 atom stereocenters. The number of halogens is 1. The SMILES string of the molecule is O=c1c2ccccc2nc(C2CCCCC2)n1N=Cc1cc(Cl)ccc1OCc1cccc([N+](=O)[O-])c1. The minimum Gasteiger partial charge on any atom is -0.488 e. The van der Waals surface area contributed by atoms with Crippen LogP contribution in [0.5, 0.6) is 5.75 Å². The Kier molecular flexibility index (Phi) is 7.28. The molecule has 0 bridgehead atoms. The lowest BCUT2D eigenvalue weighted by atomic mass is 9.88. The Morgan fingerprint density at radius 3 is 2.70 bits per heavy atom. The fourth-order valence-electron chi connectivity index (χ4n) is 4.67. The van der Waals surface area contributed by atoms with Crippen LogP contribution in [0.2, 0.25) is 5.02 Å². The van der Waals surface area contributed by atoms with E-state index in [9.17, 15) is 14.9 Å². The van der Waals surface area contributed by atoms with Crippen molar-refractivity contribution in [2.24, 2.45) is 5.10 Å². The van der Waals surface area contributed by atoms with Crippen molar-refractivity contribution in [3.63, 3.8) is 0 Å². The minimum absolute atomic E-state index is 0.00239. The first-order valence-electron chi connectivity index (χ1n) is 12.2. The third-order valence-electron chi connectivity index (χ3n) is 6.55. The first-order valence-corrected chi connectivity index (χ1v) is 12.6. The smallest absolute Gasteiger partial charge is 0.282 e. The molecule has 1 aromatic heterocycles. The predicted molar refractivity (Wildman–Crippen MR) is 144 cm³/mol. The molecule has 1 saturated carbocycles. The van der Waals surface area contributed by atoms with Crippen molar-refractivity contribution in [3.05, 3.63) is 109 Å². The first-order chi connectivity index (χ1) is 18.0. The normalized spacial score (nSPS) is 14.3. The topological polar surface area (TPSA) is 99.6 Å². The lowest BCUT2D eigenvalue weighted by Crippen LogP contribution is -2.25. The number of fused-ring (bicyclic) bond motifs is 1. The molecule has 0 saturated heterocycles. The number of hydrogen-bond acceptors (Lipinski definition) is 6. The number of benzene rings is 3. The summed E-state index contributed by atoms with van der Waals surface area (Å²) in [6.45, 7) is 0.120. The molecular formula is C28H25ClN4O4. The van der Waals surface area contributed by atoms with E-state index in [1.54, 1.807) is 42.6 Å². The van der Waals surface area contributed by atoms with Gasteiger partial charge in [-0.2, -0.15) is 9.78 Å². The van der Waals surface area contributed by atoms with Crippen LogP contribution in [0, 0.1) is 10.1 Å². The lowest BCUT2D eigenvalue weighted by Gasteiger charge is -2.22. The highest BCUT2D eigenvalue weighted by Gasteiger charge is 2.22. The largest absolute Gasteiger partial charge is 0.488 e. The van der Waals surface area contributed by atoms with Gasteiger partial charge in [-0.3, -0.25) is 14.9 Å². The standard InChI is InChI=1S/C28H25ClN4O4/c29-22-13-14-26(37-18-19-7-6-10-23(15-19)33(35)36)21(16-22)17-30-32-27(20-8-2-1-3-9-20)31-25-12-5-4-11-24(25)28(32)34/h4-7,10-17,20H,1-3,8-9,18H2. The van der Waals surface area contributed by atoms with Crippen LogP contribution in [0.25, 0.3) is 10.9 Å². The summed E-state index contributed by atoms with van der Waals surface area (Å²) in [6.07, 6.45) is 6.87. The summed E-state index contributed by atoms with van der Waals surface area (Å²) < 4.78 is 7.38. The molecule has 8 nitrogen and oxygen atoms in total. The summed E-state index contributed by atoms with van der Waals surface area (Å²) >= 11 is 6.26. The highest BCUT2D eigenvalue weighted by Crippen LogP contribution is 2.32. The number of nitro benzene ring substituents is 1. The van der Waals surface area contributed by atoms with Crippen LogP contribution < -0.4 is 10.3 Å². The van der Waals surface area contributed by atoms with Crippen LogP contribution in [0.15, 0.2) is 76.6 Å². The average Bonchev–Trinajstić information content (AvgIpc) is 2.92. The first kappa shape index (κ1) is 24.6. The maximum Gasteiger partial charge on any atom is 0.282 e. The Labute approximate surface area is 218 Å². The van der Waals surface area contributed by atoms with E-state index >= 15 is 0 Å². The van der Waals surface area contributed by atoms with E-state index < -0.39 is 4.92 Å². The second-order valence-electron chi connectivity index (χ2n) is 9.08. The van der Waals surface area contributed by atoms with Crippen LogP contribution >= 0.6 is 11.6 Å². The van der Waals surface area contributed by atoms with Gasteiger partial charge < -0.3 is 4.74 Å². The van der Waals surface area contributed by atoms with Crippen molar-refractivity contribution in [3.8, 4) is 5.75 Å². The lowest BCUT2D eigenvalue weighted by molar-refractivity contribution is -0.384. The monoisotopic (exact) mass is 516 g/mol. The van der Waals surface area contributed by atoms with Gasteiger partial charge in [0, 0.05) is 28.6 Å². The van der Waals surface area contributed by atoms with Crippen LogP contribution in [0.3, 0.4) is 0 Å². The minimum atomic E-state index is -0.441. The maximum absolute atomic E-state index is 13.5. The predicted octanol–water partition coefficient (Wildman–Crippen LogP) is 6.47. The Morgan fingerprint density at radius 2 is 1.89 bits per heavy atom. The highest BCUT2D eigenvalue weighted by atomic mass is 35.5. The second-order valence-corrected chi connectivity index (χ2v) is 9.52. The zero-order chi connectivity index (χ0) is 25.8. The highest BCUT2D eigenvalue weighted by molar-refractivity contribution is 6.30. The van der Waals surface area contributed by atoms with Crippen molar-refractivity contribution >= 4 is 34.4 Å². The van der Waals surface area contributed by atoms with Gasteiger partial charge >= 0.3 is 0 Å². The Morgan fingerprint density at radius 1 is 1.08 bits per heavy atom. The Balaban J connectivity index is 1.50. The molecule has 9 heteroatoms. The summed E-state index contributed by atoms with van der Waals surface area (Å²) in [6, 6.07) is 18.7. The van der Waals surface area contributed by atoms with Gasteiger partial charge in [-0.15, -0.1) is 0 Å². The summed E-state index contributed by atoms with van der Waals surface area (Å²) in [5.41, 5.74) is 1.68. The van der Waals surface area contributed by atoms with Crippen molar-refractivity contribution in [2.45, 2.75) is 44.6 Å². The van der Waals surface area contributed by atoms with Gasteiger partial charge in [0.25, 0.3) is 11.2 Å². The number of non-ortho nitro benzene ring substituents is 1. The molecule has 0 N–H and O–H groups in total. The molecule has 4 aromatic rings. The van der Waals surface area contributed by atoms with E-state index in [0.717, 1.165) is 25.7 Å². The van der Waals surface area contributed by atoms with E-state index in [-0.39, 0.29) is 23.8 Å². The molecular weight excluding hydrogens is 492 g/mol. The van der Waals surface area contributed by atoms with Crippen molar-refractivity contribution in [1.29, 1.82) is 0 Å². The van der Waals surface area contributed by atoms with Crippen LogP contribution in [0.4, 0.5) is 5.69 Å². The molecule has 0 radical (unpaired) electrons. The Hall–Kier alpha value is -4.04. The summed E-state index contributed by atoms with van der Waals surface area (Å²) in [4.78, 5) is 29.0. The average molecular weight is 517 g/mol. The fourth-order valence-corrected chi connectivity index (χ4v) is 4.85. The fraction of sp³-hybridized carbons (Fsp3) is 0.250. The molecule has 0 aliphatic heterocycles. The van der Waals surface area contributed by atoms with Gasteiger partial charge in [-0.25, -0.2) is 4.98 Å². The van der Waals surface area contributed by atoms with E-state index in [2.05, 4.69) is 5.10 Å². The maximum atomic E-state index is 13.5. The molecule has 0 amide bonds. The van der Waals surface area contributed by atoms with E-state index in [0.29, 0.717) is 38.6 Å². The molecule has 188 valence electrons. The zero-order valence-corrected chi connectivity index (χ0v) is 20.8. The summed E-state index contributed by atoms with van der Waals surface area (Å²) in [7, 11) is 0. The number of hydrogen-bond donors (Lipinski definition) is 0. The number of rotatable bonds is 7. The summed E-state index contributed by atoms with van der Waals surface area (Å²) in [5, 5.41) is 16.7. The number of ether oxygens (including phenoxy) is 1. The van der Waals surface area contributed by atoms with E-state index in [1.807, 2.05) is 18.2 Å². The zero-order valence-electron chi connectivity index (χ0n) is 20.0. The van der Waals surface area contributed by atoms with Crippen LogP contribution in [-0.4, -0.2) is 20.8 Å². The van der Waals surface area contributed by atoms with Gasteiger partial charge in [0.05, 0.1) is 22.0 Å². The number of nitrogens with zero attached hydrogens (tertiary/aromatic N) is 4. The number of para-hydroxylation sites is 1. The van der Waals surface area contributed by atoms with E-state index in [4.69, 9.17) is 21.3 Å². The van der Waals surface area contributed by atoms with Crippen molar-refractivity contribution in [1.82, 2.24) is 9.66 Å². The second kappa shape index (κ2) is 10.9. The molecule has 0 spiro atoms. The van der Waals surface area contributed by atoms with Crippen molar-refractivity contribution in [2.75, 3.05) is 0 Å². The number of nitro groups is 1. The van der Waals surface area contributed by atoms with Gasteiger partial charge in [0.1, 0.15) is 18.2 Å². The van der Waals surface area contributed by atoms with Gasteiger partial charge in [0.2, 0.25) is 0 Å². The molecule has 37 heavy (non-hydrogen) atoms. The third-order valence-corrected chi connectivity index (χ3v) is 6.78. The molecule has 0 unspecified atom stereocenters. The van der Waals surface area contributed by atoms with Gasteiger partial charge in [-0.1, -0.05) is 55.1 Å². The number of aromatic nitrogens is 2. The molecule has 1 heterocycles. The van der Waals surface area contributed by atoms with Gasteiger partial charge in [0.15, 0.2) is 0 Å². The van der Waals surface area contributed by atoms with Crippen LogP contribution in [-0.2, 0) is 6.61 Å². The molecule has 1 aliphatic rings. The Bertz CT molecular complexity index is 1540. The van der Waals surface area contributed by atoms with Crippen LogP contribution in [0.1, 0.15) is 55.0 Å². The summed E-state index contributed by atoms with van der Waals surface area (Å²) in [5.74, 6) is 1.31.